The molecule has 5 nitrogen and oxygen atoms in total. The lowest BCUT2D eigenvalue weighted by atomic mass is 9.98. The van der Waals surface area contributed by atoms with Crippen LogP contribution in [-0.2, 0) is 13.5 Å². The van der Waals surface area contributed by atoms with E-state index in [-0.39, 0.29) is 11.9 Å². The molecule has 2 aromatic rings. The molecule has 4 rings (SSSR count). The average Bonchev–Trinajstić information content (AvgIpc) is 3.33. The van der Waals surface area contributed by atoms with E-state index in [0.29, 0.717) is 5.92 Å². The number of carbonyl (C=O) groups excluding carboxylic acids is 1. The molecule has 1 atom stereocenters. The first-order valence-corrected chi connectivity index (χ1v) is 8.38. The molecule has 1 aliphatic heterocycles. The Morgan fingerprint density at radius 2 is 2.30 bits per heavy atom. The van der Waals surface area contributed by atoms with E-state index in [1.807, 2.05) is 29.9 Å². The van der Waals surface area contributed by atoms with Gasteiger partial charge in [-0.05, 0) is 43.2 Å². The maximum absolute atomic E-state index is 12.9. The lowest BCUT2D eigenvalue weighted by Crippen LogP contribution is -2.32. The normalized spacial score (nSPS) is 18.0. The highest BCUT2D eigenvalue weighted by Gasteiger charge is 2.36. The van der Waals surface area contributed by atoms with Crippen molar-refractivity contribution in [3.05, 3.63) is 47.5 Å². The third-order valence-electron chi connectivity index (χ3n) is 4.84. The van der Waals surface area contributed by atoms with Crippen molar-refractivity contribution < 1.29 is 4.79 Å². The molecule has 1 aromatic heterocycles. The van der Waals surface area contributed by atoms with Crippen LogP contribution in [0.1, 0.15) is 47.1 Å². The topological polar surface area (TPSA) is 59.0 Å². The van der Waals surface area contributed by atoms with Crippen molar-refractivity contribution in [2.75, 3.05) is 11.9 Å². The van der Waals surface area contributed by atoms with E-state index >= 15 is 0 Å². The molecule has 120 valence electrons. The lowest BCUT2D eigenvalue weighted by Gasteiger charge is -2.23. The van der Waals surface area contributed by atoms with Crippen molar-refractivity contribution in [1.82, 2.24) is 14.9 Å². The minimum atomic E-state index is -0.00356. The van der Waals surface area contributed by atoms with Crippen molar-refractivity contribution in [1.29, 1.82) is 0 Å². The highest BCUT2D eigenvalue weighted by atomic mass is 16.1. The van der Waals surface area contributed by atoms with Gasteiger partial charge in [-0.1, -0.05) is 12.1 Å². The second-order valence-corrected chi connectivity index (χ2v) is 6.55. The first-order valence-electron chi connectivity index (χ1n) is 8.38. The summed E-state index contributed by atoms with van der Waals surface area (Å²) in [6, 6.07) is 6.00. The molecule has 2 heterocycles. The monoisotopic (exact) mass is 310 g/mol. The number of nitrogens with zero attached hydrogens (tertiary/aromatic N) is 2. The van der Waals surface area contributed by atoms with Crippen LogP contribution in [0.15, 0.2) is 30.6 Å². The van der Waals surface area contributed by atoms with E-state index in [4.69, 9.17) is 0 Å². The summed E-state index contributed by atoms with van der Waals surface area (Å²) in [5, 5.41) is 6.62. The van der Waals surface area contributed by atoms with Crippen molar-refractivity contribution >= 4 is 11.6 Å². The summed E-state index contributed by atoms with van der Waals surface area (Å²) in [6.07, 6.45) is 8.20. The van der Waals surface area contributed by atoms with Gasteiger partial charge in [0.25, 0.3) is 5.91 Å². The lowest BCUT2D eigenvalue weighted by molar-refractivity contribution is 0.0929. The van der Waals surface area contributed by atoms with Gasteiger partial charge in [0.05, 0.1) is 17.3 Å². The molecule has 0 saturated heterocycles. The van der Waals surface area contributed by atoms with E-state index < -0.39 is 0 Å². The molecule has 0 unspecified atom stereocenters. The van der Waals surface area contributed by atoms with Gasteiger partial charge in [0.1, 0.15) is 5.82 Å². The predicted octanol–water partition coefficient (Wildman–Crippen LogP) is 2.66. The summed E-state index contributed by atoms with van der Waals surface area (Å²) in [4.78, 5) is 17.3. The van der Waals surface area contributed by atoms with Gasteiger partial charge in [0.15, 0.2) is 0 Å². The average molecular weight is 310 g/mol. The van der Waals surface area contributed by atoms with E-state index in [1.54, 1.807) is 6.20 Å². The minimum Gasteiger partial charge on any atom is -0.384 e. The number of amides is 1. The Morgan fingerprint density at radius 3 is 3.04 bits per heavy atom. The second-order valence-electron chi connectivity index (χ2n) is 6.55. The second kappa shape index (κ2) is 5.72. The van der Waals surface area contributed by atoms with Crippen LogP contribution in [0.25, 0.3) is 0 Å². The molecule has 2 N–H and O–H groups in total. The quantitative estimate of drug-likeness (QED) is 0.913. The Morgan fingerprint density at radius 1 is 1.43 bits per heavy atom. The number of fused-ring (bicyclic) bond motifs is 1. The predicted molar refractivity (Wildman–Crippen MR) is 89.4 cm³/mol. The highest BCUT2D eigenvalue weighted by molar-refractivity contribution is 6.00. The molecule has 1 aliphatic carbocycles. The molecule has 1 amide bonds. The van der Waals surface area contributed by atoms with Gasteiger partial charge in [-0.25, -0.2) is 4.98 Å². The Labute approximate surface area is 136 Å². The Bertz CT molecular complexity index is 732. The van der Waals surface area contributed by atoms with E-state index in [9.17, 15) is 4.79 Å². The zero-order chi connectivity index (χ0) is 15.8. The van der Waals surface area contributed by atoms with Crippen LogP contribution in [0.5, 0.6) is 0 Å². The number of benzene rings is 1. The number of carbonyl (C=O) groups is 1. The smallest absolute Gasteiger partial charge is 0.253 e. The van der Waals surface area contributed by atoms with Crippen LogP contribution in [-0.4, -0.2) is 22.0 Å². The molecule has 1 saturated carbocycles. The number of anilines is 1. The number of aromatic nitrogens is 2. The van der Waals surface area contributed by atoms with Crippen molar-refractivity contribution in [2.45, 2.75) is 31.7 Å². The van der Waals surface area contributed by atoms with Gasteiger partial charge in [-0.2, -0.15) is 0 Å². The maximum Gasteiger partial charge on any atom is 0.253 e. The van der Waals surface area contributed by atoms with Gasteiger partial charge in [-0.3, -0.25) is 4.79 Å². The third-order valence-corrected chi connectivity index (χ3v) is 4.84. The first-order chi connectivity index (χ1) is 11.2. The van der Waals surface area contributed by atoms with Crippen LogP contribution in [0.4, 0.5) is 5.69 Å². The number of imidazole rings is 1. The molecular weight excluding hydrogens is 288 g/mol. The first kappa shape index (κ1) is 14.3. The minimum absolute atomic E-state index is 0.00180. The van der Waals surface area contributed by atoms with Crippen LogP contribution in [0.2, 0.25) is 0 Å². The van der Waals surface area contributed by atoms with Crippen molar-refractivity contribution in [2.24, 2.45) is 13.0 Å². The largest absolute Gasteiger partial charge is 0.384 e. The summed E-state index contributed by atoms with van der Waals surface area (Å²) in [5.41, 5.74) is 3.00. The summed E-state index contributed by atoms with van der Waals surface area (Å²) < 4.78 is 2.00. The molecule has 23 heavy (non-hydrogen) atoms. The van der Waals surface area contributed by atoms with E-state index in [2.05, 4.69) is 21.7 Å². The Hall–Kier alpha value is -2.30. The van der Waals surface area contributed by atoms with Crippen molar-refractivity contribution in [3.63, 3.8) is 0 Å². The summed E-state index contributed by atoms with van der Waals surface area (Å²) in [6.45, 7) is 0.933. The number of rotatable bonds is 4. The summed E-state index contributed by atoms with van der Waals surface area (Å²) >= 11 is 0. The number of para-hydroxylation sites is 1. The van der Waals surface area contributed by atoms with Crippen molar-refractivity contribution in [3.8, 4) is 0 Å². The van der Waals surface area contributed by atoms with Gasteiger partial charge < -0.3 is 15.2 Å². The molecule has 5 heteroatoms. The van der Waals surface area contributed by atoms with Gasteiger partial charge in [-0.15, -0.1) is 0 Å². The van der Waals surface area contributed by atoms with Crippen LogP contribution in [0.3, 0.4) is 0 Å². The fourth-order valence-electron chi connectivity index (χ4n) is 3.42. The number of hydrogen-bond donors (Lipinski definition) is 2. The van der Waals surface area contributed by atoms with Crippen LogP contribution >= 0.6 is 0 Å². The molecule has 1 fully saturated rings. The standard InChI is InChI=1S/C18H22N4O/c1-22-11-10-20-17(22)16(13-7-8-13)21-18(23)14-6-2-4-12-5-3-9-19-15(12)14/h2,4,6,10-11,13,16,19H,3,5,7-9H2,1H3,(H,21,23)/t16-/m0/s1. The van der Waals surface area contributed by atoms with Gasteiger partial charge >= 0.3 is 0 Å². The highest BCUT2D eigenvalue weighted by Crippen LogP contribution is 2.40. The van der Waals surface area contributed by atoms with Crippen LogP contribution in [0, 0.1) is 5.92 Å². The molecule has 1 aromatic carbocycles. The maximum atomic E-state index is 12.9. The number of aryl methyl sites for hydroxylation is 2. The molecular formula is C18H22N4O. The Balaban J connectivity index is 1.61. The van der Waals surface area contributed by atoms with Gasteiger partial charge in [0.2, 0.25) is 0 Å². The molecule has 0 spiro atoms. The zero-order valence-corrected chi connectivity index (χ0v) is 13.4. The summed E-state index contributed by atoms with van der Waals surface area (Å²) in [7, 11) is 1.98. The SMILES string of the molecule is Cn1ccnc1[C@@H](NC(=O)c1cccc2c1NCCC2)C1CC1. The third kappa shape index (κ3) is 2.71. The zero-order valence-electron chi connectivity index (χ0n) is 13.4. The molecule has 0 radical (unpaired) electrons. The Kier molecular flexibility index (Phi) is 3.56. The fraction of sp³-hybridized carbons (Fsp3) is 0.444. The van der Waals surface area contributed by atoms with Crippen LogP contribution < -0.4 is 10.6 Å². The summed E-state index contributed by atoms with van der Waals surface area (Å²) in [5.74, 6) is 1.45. The molecule has 0 bridgehead atoms. The van der Waals surface area contributed by atoms with Gasteiger partial charge in [0, 0.05) is 26.0 Å². The van der Waals surface area contributed by atoms with E-state index in [0.717, 1.165) is 49.3 Å². The van der Waals surface area contributed by atoms with E-state index in [1.165, 1.54) is 5.56 Å². The number of nitrogens with one attached hydrogen (secondary N) is 2. The molecule has 2 aliphatic rings. The fourth-order valence-corrected chi connectivity index (χ4v) is 3.42. The number of hydrogen-bond acceptors (Lipinski definition) is 3.